The van der Waals surface area contributed by atoms with E-state index in [0.717, 1.165) is 0 Å². The minimum atomic E-state index is -0.877. The molecular weight excluding hydrogens is 467 g/mol. The normalized spacial score (nSPS) is 11.8. The molecule has 3 heteroatoms. The Kier molecular flexibility index (Phi) is 4.46. The molecule has 0 atom stereocenters. The molecule has 0 fully saturated rings. The zero-order chi connectivity index (χ0) is 24.3. The first-order valence-corrected chi connectivity index (χ1v) is 13.9. The van der Waals surface area contributed by atoms with Gasteiger partial charge in [0.25, 0.3) is 0 Å². The van der Waals surface area contributed by atoms with Crippen molar-refractivity contribution in [2.75, 3.05) is 0 Å². The predicted molar refractivity (Wildman–Crippen MR) is 158 cm³/mol. The zero-order valence-corrected chi connectivity index (χ0v) is 21.0. The van der Waals surface area contributed by atoms with Crippen molar-refractivity contribution in [1.82, 2.24) is 8.33 Å². The molecule has 0 saturated heterocycles. The van der Waals surface area contributed by atoms with Gasteiger partial charge in [-0.05, 0) is 64.7 Å². The van der Waals surface area contributed by atoms with Crippen LogP contribution in [0.3, 0.4) is 0 Å². The van der Waals surface area contributed by atoms with E-state index in [1.165, 1.54) is 60.4 Å². The number of nitrogens with zero attached hydrogens (tertiary/aromatic N) is 2. The van der Waals surface area contributed by atoms with Crippen molar-refractivity contribution in [2.24, 2.45) is 0 Å². The lowest BCUT2D eigenvalue weighted by atomic mass is 9.99. The highest BCUT2D eigenvalue weighted by atomic mass is 31.1. The van der Waals surface area contributed by atoms with Gasteiger partial charge in [0.1, 0.15) is 0 Å². The van der Waals surface area contributed by atoms with Crippen LogP contribution in [0.2, 0.25) is 0 Å². The number of para-hydroxylation sites is 2. The quantitative estimate of drug-likeness (QED) is 0.233. The molecule has 0 aliphatic rings. The molecule has 0 aliphatic heterocycles. The summed E-state index contributed by atoms with van der Waals surface area (Å²) in [6.07, 6.45) is 0. The summed E-state index contributed by atoms with van der Waals surface area (Å²) >= 11 is 0. The molecule has 0 unspecified atom stereocenters. The van der Waals surface area contributed by atoms with Crippen LogP contribution in [-0.2, 0) is 0 Å². The van der Waals surface area contributed by atoms with Crippen molar-refractivity contribution in [3.05, 3.63) is 140 Å². The Morgan fingerprint density at radius 2 is 0.784 bits per heavy atom. The van der Waals surface area contributed by atoms with Crippen molar-refractivity contribution in [1.29, 1.82) is 0 Å². The molecule has 0 N–H and O–H groups in total. The van der Waals surface area contributed by atoms with E-state index in [2.05, 4.69) is 148 Å². The first-order chi connectivity index (χ1) is 18.3. The minimum absolute atomic E-state index is 0.877. The summed E-state index contributed by atoms with van der Waals surface area (Å²) in [6, 6.07) is 51.0. The van der Waals surface area contributed by atoms with Gasteiger partial charge in [-0.25, -0.2) is 0 Å². The summed E-state index contributed by atoms with van der Waals surface area (Å²) in [5.74, 6) is 0. The summed E-state index contributed by atoms with van der Waals surface area (Å²) < 4.78 is 5.18. The molecule has 2 nitrogen and oxygen atoms in total. The predicted octanol–water partition coefficient (Wildman–Crippen LogP) is 9.81. The highest BCUT2D eigenvalue weighted by molar-refractivity contribution is 7.51. The number of hydrogen-bond donors (Lipinski definition) is 0. The second-order valence-corrected chi connectivity index (χ2v) is 11.5. The van der Waals surface area contributed by atoms with Crippen LogP contribution in [0.5, 0.6) is 0 Å². The van der Waals surface area contributed by atoms with Gasteiger partial charge in [-0.2, -0.15) is 0 Å². The summed E-state index contributed by atoms with van der Waals surface area (Å²) in [4.78, 5) is 0. The molecule has 0 saturated carbocycles. The van der Waals surface area contributed by atoms with Crippen molar-refractivity contribution >= 4 is 40.7 Å². The molecule has 0 bridgehead atoms. The third-order valence-corrected chi connectivity index (χ3v) is 9.71. The molecule has 37 heavy (non-hydrogen) atoms. The fraction of sp³-hybridized carbons (Fsp3) is 0. The first kappa shape index (κ1) is 20.7. The highest BCUT2D eigenvalue weighted by Gasteiger charge is 2.20. The van der Waals surface area contributed by atoms with E-state index in [9.17, 15) is 0 Å². The number of hydrogen-bond acceptors (Lipinski definition) is 0. The standard InChI is InChI=1S/C34H23N2P/c1-3-11-24(12-4-1)28-19-29(25-13-5-2-6-14-25)21-30(20-28)37-35-31-17-9-7-15-26(31)22-33(35)34-23-27-16-8-10-18-32(27)36(34)37/h1-23H. The van der Waals surface area contributed by atoms with E-state index in [4.69, 9.17) is 0 Å². The van der Waals surface area contributed by atoms with Gasteiger partial charge >= 0.3 is 0 Å². The molecule has 3 heterocycles. The van der Waals surface area contributed by atoms with Crippen molar-refractivity contribution < 1.29 is 0 Å². The Morgan fingerprint density at radius 3 is 1.27 bits per heavy atom. The molecule has 0 amide bonds. The lowest BCUT2D eigenvalue weighted by Gasteiger charge is -2.13. The molecular formula is C34H23N2P. The van der Waals surface area contributed by atoms with Gasteiger partial charge in [-0.15, -0.1) is 0 Å². The number of rotatable bonds is 3. The van der Waals surface area contributed by atoms with Crippen molar-refractivity contribution in [3.63, 3.8) is 0 Å². The molecule has 174 valence electrons. The van der Waals surface area contributed by atoms with Gasteiger partial charge in [0.15, 0.2) is 0 Å². The van der Waals surface area contributed by atoms with Crippen LogP contribution in [-0.4, -0.2) is 8.33 Å². The van der Waals surface area contributed by atoms with Gasteiger partial charge in [-0.1, -0.05) is 97.1 Å². The van der Waals surface area contributed by atoms with E-state index < -0.39 is 7.85 Å². The fourth-order valence-corrected chi connectivity index (χ4v) is 8.35. The summed E-state index contributed by atoms with van der Waals surface area (Å²) in [7, 11) is -0.877. The van der Waals surface area contributed by atoms with Gasteiger partial charge in [0, 0.05) is 16.1 Å². The Balaban J connectivity index is 1.54. The average Bonchev–Trinajstić information content (AvgIpc) is 3.62. The maximum absolute atomic E-state index is 2.59. The van der Waals surface area contributed by atoms with Gasteiger partial charge in [-0.3, -0.25) is 8.33 Å². The Labute approximate surface area is 215 Å². The number of aromatic nitrogens is 2. The molecule has 0 spiro atoms. The van der Waals surface area contributed by atoms with E-state index in [-0.39, 0.29) is 0 Å². The lowest BCUT2D eigenvalue weighted by Crippen LogP contribution is -1.87. The Hall–Kier alpha value is -4.52. The lowest BCUT2D eigenvalue weighted by molar-refractivity contribution is 1.43. The third-order valence-electron chi connectivity index (χ3n) is 7.37. The van der Waals surface area contributed by atoms with Gasteiger partial charge < -0.3 is 0 Å². The molecule has 0 radical (unpaired) electrons. The van der Waals surface area contributed by atoms with Crippen LogP contribution in [0.4, 0.5) is 0 Å². The van der Waals surface area contributed by atoms with Crippen LogP contribution in [0, 0.1) is 0 Å². The summed E-state index contributed by atoms with van der Waals surface area (Å²) in [6.45, 7) is 0. The Morgan fingerprint density at radius 1 is 0.351 bits per heavy atom. The Bertz CT molecular complexity index is 1930. The van der Waals surface area contributed by atoms with Crippen LogP contribution >= 0.6 is 7.85 Å². The zero-order valence-electron chi connectivity index (χ0n) is 20.1. The molecule has 8 aromatic rings. The SMILES string of the molecule is c1ccc(-c2cc(-c3ccccc3)cc(-p3n4c5ccccc5cc4c4cc5ccccc5n43)c2)cc1. The number of fused-ring (bicyclic) bond motifs is 7. The summed E-state index contributed by atoms with van der Waals surface area (Å²) in [5, 5.41) is 3.94. The number of benzene rings is 5. The second-order valence-electron chi connectivity index (χ2n) is 9.59. The average molecular weight is 491 g/mol. The van der Waals surface area contributed by atoms with Gasteiger partial charge in [0.2, 0.25) is 0 Å². The van der Waals surface area contributed by atoms with Crippen LogP contribution in [0.25, 0.3) is 60.4 Å². The topological polar surface area (TPSA) is 8.82 Å². The third kappa shape index (κ3) is 3.13. The van der Waals surface area contributed by atoms with E-state index in [0.29, 0.717) is 0 Å². The first-order valence-electron chi connectivity index (χ1n) is 12.6. The molecule has 8 rings (SSSR count). The van der Waals surface area contributed by atoms with Gasteiger partial charge in [0.05, 0.1) is 29.9 Å². The van der Waals surface area contributed by atoms with E-state index in [1.54, 1.807) is 0 Å². The minimum Gasteiger partial charge on any atom is -0.281 e. The van der Waals surface area contributed by atoms with Crippen LogP contribution in [0.1, 0.15) is 0 Å². The van der Waals surface area contributed by atoms with Crippen molar-refractivity contribution in [2.45, 2.75) is 0 Å². The maximum Gasteiger partial charge on any atom is 0.0757 e. The summed E-state index contributed by atoms with van der Waals surface area (Å²) in [5.41, 5.74) is 10.2. The van der Waals surface area contributed by atoms with Crippen LogP contribution < -0.4 is 0 Å². The molecule has 0 aliphatic carbocycles. The molecule has 3 aromatic heterocycles. The van der Waals surface area contributed by atoms with Crippen molar-refractivity contribution in [3.8, 4) is 27.6 Å². The van der Waals surface area contributed by atoms with E-state index in [1.807, 2.05) is 0 Å². The highest BCUT2D eigenvalue weighted by Crippen LogP contribution is 2.49. The monoisotopic (exact) mass is 490 g/mol. The van der Waals surface area contributed by atoms with E-state index >= 15 is 0 Å². The maximum atomic E-state index is 2.59. The smallest absolute Gasteiger partial charge is 0.0757 e. The molecule has 5 aromatic carbocycles. The largest absolute Gasteiger partial charge is 0.281 e. The van der Waals surface area contributed by atoms with Crippen LogP contribution in [0.15, 0.2) is 140 Å². The fourth-order valence-electron chi connectivity index (χ4n) is 5.70. The second kappa shape index (κ2) is 8.00.